The van der Waals surface area contributed by atoms with Crippen LogP contribution in [-0.4, -0.2) is 10.9 Å². The van der Waals surface area contributed by atoms with E-state index in [9.17, 15) is 18.0 Å². The smallest absolute Gasteiger partial charge is 0.366 e. The van der Waals surface area contributed by atoms with Crippen molar-refractivity contribution in [3.05, 3.63) is 22.2 Å². The summed E-state index contributed by atoms with van der Waals surface area (Å²) in [5.41, 5.74) is 3.80. The average molecular weight is 222 g/mol. The van der Waals surface area contributed by atoms with Gasteiger partial charge < -0.3 is 5.73 Å². The number of thiazole rings is 1. The molecule has 76 valence electrons. The molecule has 0 bridgehead atoms. The van der Waals surface area contributed by atoms with Crippen molar-refractivity contribution < 1.29 is 18.0 Å². The number of carbonyl (C=O) groups excluding carboxylic acids is 1. The second-order valence-corrected chi connectivity index (χ2v) is 3.19. The molecule has 0 atom stereocenters. The molecule has 0 fully saturated rings. The summed E-state index contributed by atoms with van der Waals surface area (Å²) in [4.78, 5) is 13.5. The predicted octanol–water partition coefficient (Wildman–Crippen LogP) is 1.66. The van der Waals surface area contributed by atoms with E-state index in [2.05, 4.69) is 4.98 Å². The third-order valence-electron chi connectivity index (χ3n) is 1.20. The lowest BCUT2D eigenvalue weighted by Crippen LogP contribution is -2.06. The SMILES string of the molecule is NC(=O)C=Cc1nc(C(F)(F)F)cs1. The van der Waals surface area contributed by atoms with Gasteiger partial charge in [0.1, 0.15) is 5.01 Å². The van der Waals surface area contributed by atoms with Crippen LogP contribution in [0.2, 0.25) is 0 Å². The van der Waals surface area contributed by atoms with Gasteiger partial charge in [0.25, 0.3) is 0 Å². The lowest BCUT2D eigenvalue weighted by atomic mass is 10.4. The molecular weight excluding hydrogens is 217 g/mol. The molecule has 0 radical (unpaired) electrons. The van der Waals surface area contributed by atoms with E-state index in [0.717, 1.165) is 28.9 Å². The first-order valence-corrected chi connectivity index (χ1v) is 4.28. The fourth-order valence-electron chi connectivity index (χ4n) is 0.648. The molecule has 0 unspecified atom stereocenters. The standard InChI is InChI=1S/C7H5F3N2OS/c8-7(9,10)4-3-14-6(12-4)2-1-5(11)13/h1-3H,(H2,11,13). The van der Waals surface area contributed by atoms with Gasteiger partial charge in [0.05, 0.1) is 0 Å². The first-order chi connectivity index (χ1) is 6.39. The maximum atomic E-state index is 12.0. The highest BCUT2D eigenvalue weighted by atomic mass is 32.1. The van der Waals surface area contributed by atoms with Crippen molar-refractivity contribution >= 4 is 23.3 Å². The zero-order chi connectivity index (χ0) is 10.8. The number of amides is 1. The topological polar surface area (TPSA) is 56.0 Å². The maximum absolute atomic E-state index is 12.0. The number of halogens is 3. The lowest BCUT2D eigenvalue weighted by Gasteiger charge is -1.98. The summed E-state index contributed by atoms with van der Waals surface area (Å²) in [6.45, 7) is 0. The summed E-state index contributed by atoms with van der Waals surface area (Å²) < 4.78 is 36.1. The predicted molar refractivity (Wildman–Crippen MR) is 45.3 cm³/mol. The number of hydrogen-bond donors (Lipinski definition) is 1. The number of aromatic nitrogens is 1. The van der Waals surface area contributed by atoms with Crippen molar-refractivity contribution in [2.45, 2.75) is 6.18 Å². The van der Waals surface area contributed by atoms with E-state index >= 15 is 0 Å². The molecule has 1 amide bonds. The van der Waals surface area contributed by atoms with Crippen LogP contribution in [0.3, 0.4) is 0 Å². The molecule has 3 nitrogen and oxygen atoms in total. The molecule has 0 aromatic carbocycles. The molecule has 0 aliphatic heterocycles. The molecule has 1 heterocycles. The van der Waals surface area contributed by atoms with E-state index in [4.69, 9.17) is 5.73 Å². The van der Waals surface area contributed by atoms with Crippen LogP contribution in [0.4, 0.5) is 13.2 Å². The Morgan fingerprint density at radius 1 is 1.57 bits per heavy atom. The summed E-state index contributed by atoms with van der Waals surface area (Å²) in [7, 11) is 0. The number of rotatable bonds is 2. The second-order valence-electron chi connectivity index (χ2n) is 2.30. The fraction of sp³-hybridized carbons (Fsp3) is 0.143. The molecule has 0 aliphatic rings. The number of nitrogens with zero attached hydrogens (tertiary/aromatic N) is 1. The van der Waals surface area contributed by atoms with Crippen LogP contribution in [0.25, 0.3) is 6.08 Å². The van der Waals surface area contributed by atoms with Gasteiger partial charge >= 0.3 is 6.18 Å². The molecule has 1 aromatic rings. The maximum Gasteiger partial charge on any atom is 0.434 e. The van der Waals surface area contributed by atoms with Gasteiger partial charge in [-0.1, -0.05) is 0 Å². The minimum atomic E-state index is -4.45. The van der Waals surface area contributed by atoms with Crippen LogP contribution in [0.15, 0.2) is 11.5 Å². The van der Waals surface area contributed by atoms with Crippen LogP contribution in [0.5, 0.6) is 0 Å². The molecule has 0 saturated carbocycles. The van der Waals surface area contributed by atoms with Crippen molar-refractivity contribution in [3.63, 3.8) is 0 Å². The van der Waals surface area contributed by atoms with E-state index in [1.165, 1.54) is 0 Å². The quantitative estimate of drug-likeness (QED) is 0.773. The Morgan fingerprint density at radius 2 is 2.21 bits per heavy atom. The summed E-state index contributed by atoms with van der Waals surface area (Å²) in [6.07, 6.45) is -2.35. The molecule has 1 rings (SSSR count). The van der Waals surface area contributed by atoms with Gasteiger partial charge in [0, 0.05) is 11.5 Å². The molecule has 7 heteroatoms. The normalized spacial score (nSPS) is 12.2. The zero-order valence-electron chi connectivity index (χ0n) is 6.71. The molecule has 14 heavy (non-hydrogen) atoms. The van der Waals surface area contributed by atoms with Crippen molar-refractivity contribution in [1.29, 1.82) is 0 Å². The second kappa shape index (κ2) is 3.79. The molecule has 2 N–H and O–H groups in total. The Hall–Kier alpha value is -1.37. The first kappa shape index (κ1) is 10.7. The molecular formula is C7H5F3N2OS. The van der Waals surface area contributed by atoms with E-state index in [1.54, 1.807) is 0 Å². The third-order valence-corrected chi connectivity index (χ3v) is 2.01. The molecule has 0 aliphatic carbocycles. The van der Waals surface area contributed by atoms with Crippen LogP contribution in [0.1, 0.15) is 10.7 Å². The Kier molecular flexibility index (Phi) is 2.90. The monoisotopic (exact) mass is 222 g/mol. The number of nitrogens with two attached hydrogens (primary N) is 1. The Bertz CT molecular complexity index is 369. The lowest BCUT2D eigenvalue weighted by molar-refractivity contribution is -0.140. The highest BCUT2D eigenvalue weighted by Gasteiger charge is 2.33. The third kappa shape index (κ3) is 2.84. The van der Waals surface area contributed by atoms with Gasteiger partial charge in [0.15, 0.2) is 5.69 Å². The van der Waals surface area contributed by atoms with Crippen LogP contribution >= 0.6 is 11.3 Å². The largest absolute Gasteiger partial charge is 0.434 e. The number of hydrogen-bond acceptors (Lipinski definition) is 3. The Morgan fingerprint density at radius 3 is 2.64 bits per heavy atom. The summed E-state index contributed by atoms with van der Waals surface area (Å²) in [5.74, 6) is -0.728. The summed E-state index contributed by atoms with van der Waals surface area (Å²) >= 11 is 0.793. The van der Waals surface area contributed by atoms with E-state index in [-0.39, 0.29) is 5.01 Å². The zero-order valence-corrected chi connectivity index (χ0v) is 7.52. The number of primary amides is 1. The summed E-state index contributed by atoms with van der Waals surface area (Å²) in [6, 6.07) is 0. The number of carbonyl (C=O) groups is 1. The van der Waals surface area contributed by atoms with Crippen molar-refractivity contribution in [1.82, 2.24) is 4.98 Å². The van der Waals surface area contributed by atoms with Gasteiger partial charge in [0.2, 0.25) is 5.91 Å². The minimum Gasteiger partial charge on any atom is -0.366 e. The minimum absolute atomic E-state index is 0.0936. The molecule has 0 spiro atoms. The van der Waals surface area contributed by atoms with E-state index in [0.29, 0.717) is 0 Å². The summed E-state index contributed by atoms with van der Waals surface area (Å²) in [5, 5.41) is 0.969. The number of alkyl halides is 3. The van der Waals surface area contributed by atoms with Gasteiger partial charge in [-0.2, -0.15) is 13.2 Å². The average Bonchev–Trinajstić information content (AvgIpc) is 2.47. The van der Waals surface area contributed by atoms with Gasteiger partial charge in [-0.3, -0.25) is 4.79 Å². The van der Waals surface area contributed by atoms with Crippen molar-refractivity contribution in [3.8, 4) is 0 Å². The fourth-order valence-corrected chi connectivity index (χ4v) is 1.36. The van der Waals surface area contributed by atoms with Gasteiger partial charge in [-0.25, -0.2) is 4.98 Å². The highest BCUT2D eigenvalue weighted by molar-refractivity contribution is 7.10. The van der Waals surface area contributed by atoms with Crippen LogP contribution < -0.4 is 5.73 Å². The van der Waals surface area contributed by atoms with Gasteiger partial charge in [-0.15, -0.1) is 11.3 Å². The highest BCUT2D eigenvalue weighted by Crippen LogP contribution is 2.30. The first-order valence-electron chi connectivity index (χ1n) is 3.40. The van der Waals surface area contributed by atoms with Crippen LogP contribution in [0, 0.1) is 0 Å². The molecule has 1 aromatic heterocycles. The van der Waals surface area contributed by atoms with Crippen molar-refractivity contribution in [2.24, 2.45) is 5.73 Å². The Labute approximate surface area is 81.1 Å². The van der Waals surface area contributed by atoms with E-state index in [1.807, 2.05) is 0 Å². The van der Waals surface area contributed by atoms with Crippen LogP contribution in [-0.2, 0) is 11.0 Å². The van der Waals surface area contributed by atoms with E-state index < -0.39 is 17.8 Å². The molecule has 0 saturated heterocycles. The van der Waals surface area contributed by atoms with Gasteiger partial charge in [-0.05, 0) is 6.08 Å². The Balaban J connectivity index is 2.84. The van der Waals surface area contributed by atoms with Crippen molar-refractivity contribution in [2.75, 3.05) is 0 Å².